The van der Waals surface area contributed by atoms with Crippen molar-refractivity contribution in [2.45, 2.75) is 96.2 Å². The van der Waals surface area contributed by atoms with Gasteiger partial charge in [-0.05, 0) is 111 Å². The summed E-state index contributed by atoms with van der Waals surface area (Å²) >= 11 is 0. The Morgan fingerprint density at radius 3 is 2.45 bits per heavy atom. The molecule has 1 aromatic rings. The molecule has 5 rings (SSSR count). The standard InChI is InChI=1S/C27H40O2/c1-25-14-11-21(28)18-20(25)8-9-22-23(25)12-15-26(2)24(22)13-17-27(26,29)16-10-19-6-4-3-5-7-19/h3-7,20-24,28-29H,8-18H2,1-2H3/t20-,21-,22+,23-,24+,25+,26+,27-/m0/s1. The maximum Gasteiger partial charge on any atom is 0.0707 e. The van der Waals surface area contributed by atoms with Crippen LogP contribution >= 0.6 is 0 Å². The van der Waals surface area contributed by atoms with Gasteiger partial charge in [0.15, 0.2) is 0 Å². The summed E-state index contributed by atoms with van der Waals surface area (Å²) in [5.41, 5.74) is 1.36. The van der Waals surface area contributed by atoms with E-state index < -0.39 is 5.60 Å². The van der Waals surface area contributed by atoms with Crippen LogP contribution in [0.4, 0.5) is 0 Å². The van der Waals surface area contributed by atoms with Crippen molar-refractivity contribution in [3.05, 3.63) is 35.9 Å². The van der Waals surface area contributed by atoms with Crippen LogP contribution in [0.2, 0.25) is 0 Å². The highest BCUT2D eigenvalue weighted by molar-refractivity contribution is 5.18. The maximum atomic E-state index is 11.9. The molecule has 2 nitrogen and oxygen atoms in total. The monoisotopic (exact) mass is 396 g/mol. The summed E-state index contributed by atoms with van der Waals surface area (Å²) in [7, 11) is 0. The smallest absolute Gasteiger partial charge is 0.0707 e. The van der Waals surface area contributed by atoms with E-state index in [-0.39, 0.29) is 11.5 Å². The molecular formula is C27H40O2. The lowest BCUT2D eigenvalue weighted by Crippen LogP contribution is -2.56. The first-order chi connectivity index (χ1) is 13.9. The van der Waals surface area contributed by atoms with E-state index in [1.54, 1.807) is 0 Å². The summed E-state index contributed by atoms with van der Waals surface area (Å²) in [6.45, 7) is 4.99. The first-order valence-electron chi connectivity index (χ1n) is 12.3. The molecule has 8 atom stereocenters. The summed E-state index contributed by atoms with van der Waals surface area (Å²) < 4.78 is 0. The highest BCUT2D eigenvalue weighted by Crippen LogP contribution is 2.68. The van der Waals surface area contributed by atoms with Crippen molar-refractivity contribution in [3.8, 4) is 0 Å². The molecule has 0 bridgehead atoms. The summed E-state index contributed by atoms with van der Waals surface area (Å²) in [4.78, 5) is 0. The lowest BCUT2D eigenvalue weighted by molar-refractivity contribution is -0.160. The molecule has 4 fully saturated rings. The van der Waals surface area contributed by atoms with Gasteiger partial charge in [0.2, 0.25) is 0 Å². The predicted molar refractivity (Wildman–Crippen MR) is 117 cm³/mol. The fraction of sp³-hybridized carbons (Fsp3) is 0.778. The second kappa shape index (κ2) is 7.09. The van der Waals surface area contributed by atoms with Crippen LogP contribution in [-0.4, -0.2) is 21.9 Å². The average molecular weight is 397 g/mol. The molecule has 2 N–H and O–H groups in total. The first-order valence-corrected chi connectivity index (χ1v) is 12.3. The van der Waals surface area contributed by atoms with Crippen molar-refractivity contribution in [2.24, 2.45) is 34.5 Å². The number of rotatable bonds is 3. The quantitative estimate of drug-likeness (QED) is 0.682. The zero-order chi connectivity index (χ0) is 20.3. The molecule has 4 aliphatic carbocycles. The van der Waals surface area contributed by atoms with Crippen molar-refractivity contribution in [2.75, 3.05) is 0 Å². The van der Waals surface area contributed by atoms with Gasteiger partial charge in [0.1, 0.15) is 0 Å². The lowest BCUT2D eigenvalue weighted by Gasteiger charge is -2.61. The van der Waals surface area contributed by atoms with Gasteiger partial charge in [-0.1, -0.05) is 44.2 Å². The van der Waals surface area contributed by atoms with E-state index in [2.05, 4.69) is 44.2 Å². The molecule has 29 heavy (non-hydrogen) atoms. The summed E-state index contributed by atoms with van der Waals surface area (Å²) in [6.07, 6.45) is 12.4. The Labute approximate surface area is 177 Å². The molecule has 0 amide bonds. The van der Waals surface area contributed by atoms with Crippen LogP contribution in [0.5, 0.6) is 0 Å². The van der Waals surface area contributed by atoms with Crippen molar-refractivity contribution in [1.29, 1.82) is 0 Å². The first kappa shape index (κ1) is 20.1. The molecule has 0 radical (unpaired) electrons. The van der Waals surface area contributed by atoms with Gasteiger partial charge in [-0.25, -0.2) is 0 Å². The second-order valence-corrected chi connectivity index (χ2v) is 11.6. The van der Waals surface area contributed by atoms with Gasteiger partial charge in [-0.2, -0.15) is 0 Å². The molecule has 0 saturated heterocycles. The van der Waals surface area contributed by atoms with Crippen molar-refractivity contribution < 1.29 is 10.2 Å². The lowest BCUT2D eigenvalue weighted by atomic mass is 9.44. The van der Waals surface area contributed by atoms with E-state index in [0.29, 0.717) is 11.3 Å². The number of hydrogen-bond acceptors (Lipinski definition) is 2. The third-order valence-corrected chi connectivity index (χ3v) is 10.6. The molecule has 0 aromatic heterocycles. The fourth-order valence-electron chi connectivity index (χ4n) is 8.75. The molecule has 4 aliphatic rings. The van der Waals surface area contributed by atoms with Gasteiger partial charge in [-0.15, -0.1) is 0 Å². The van der Waals surface area contributed by atoms with Crippen LogP contribution in [0.3, 0.4) is 0 Å². The fourth-order valence-corrected chi connectivity index (χ4v) is 8.75. The maximum absolute atomic E-state index is 11.9. The molecular weight excluding hydrogens is 356 g/mol. The van der Waals surface area contributed by atoms with E-state index in [0.717, 1.165) is 49.9 Å². The Hall–Kier alpha value is -0.860. The molecule has 4 saturated carbocycles. The number of benzene rings is 1. The average Bonchev–Trinajstić information content (AvgIpc) is 2.99. The Morgan fingerprint density at radius 2 is 1.66 bits per heavy atom. The Morgan fingerprint density at radius 1 is 0.897 bits per heavy atom. The van der Waals surface area contributed by atoms with Crippen LogP contribution in [-0.2, 0) is 6.42 Å². The highest BCUT2D eigenvalue weighted by Gasteiger charge is 2.64. The third-order valence-electron chi connectivity index (χ3n) is 10.6. The van der Waals surface area contributed by atoms with Crippen molar-refractivity contribution in [3.63, 3.8) is 0 Å². The second-order valence-electron chi connectivity index (χ2n) is 11.6. The number of aliphatic hydroxyl groups is 2. The summed E-state index contributed by atoms with van der Waals surface area (Å²) in [5, 5.41) is 22.1. The number of aliphatic hydroxyl groups excluding tert-OH is 1. The molecule has 0 spiro atoms. The summed E-state index contributed by atoms with van der Waals surface area (Å²) in [6, 6.07) is 10.7. The van der Waals surface area contributed by atoms with Crippen LogP contribution in [0.1, 0.15) is 83.6 Å². The zero-order valence-electron chi connectivity index (χ0n) is 18.4. The topological polar surface area (TPSA) is 40.5 Å². The van der Waals surface area contributed by atoms with Crippen LogP contribution < -0.4 is 0 Å². The molecule has 2 heteroatoms. The molecule has 1 aromatic carbocycles. The molecule has 160 valence electrons. The van der Waals surface area contributed by atoms with Gasteiger partial charge in [-0.3, -0.25) is 0 Å². The van der Waals surface area contributed by atoms with E-state index in [9.17, 15) is 10.2 Å². The van der Waals surface area contributed by atoms with E-state index in [1.165, 1.54) is 44.1 Å². The minimum atomic E-state index is -0.501. The van der Waals surface area contributed by atoms with Gasteiger partial charge >= 0.3 is 0 Å². The van der Waals surface area contributed by atoms with E-state index in [1.807, 2.05) is 0 Å². The summed E-state index contributed by atoms with van der Waals surface area (Å²) in [5.74, 6) is 3.00. The van der Waals surface area contributed by atoms with Gasteiger partial charge in [0.05, 0.1) is 11.7 Å². The number of hydrogen-bond donors (Lipinski definition) is 2. The van der Waals surface area contributed by atoms with Gasteiger partial charge in [0.25, 0.3) is 0 Å². The SMILES string of the molecule is C[C@@]12CC[C@H](O)C[C@@H]1CC[C@H]1[C@H]3CC[C@@](O)(CCc4ccccc4)[C@]3(C)CC[C@@H]12. The highest BCUT2D eigenvalue weighted by atomic mass is 16.3. The molecule has 0 aliphatic heterocycles. The predicted octanol–water partition coefficient (Wildman–Crippen LogP) is 5.75. The Balaban J connectivity index is 1.35. The van der Waals surface area contributed by atoms with Crippen molar-refractivity contribution >= 4 is 0 Å². The van der Waals surface area contributed by atoms with Gasteiger partial charge < -0.3 is 10.2 Å². The number of fused-ring (bicyclic) bond motifs is 5. The van der Waals surface area contributed by atoms with Gasteiger partial charge in [0, 0.05) is 0 Å². The number of aryl methyl sites for hydroxylation is 1. The van der Waals surface area contributed by atoms with Crippen LogP contribution in [0.25, 0.3) is 0 Å². The van der Waals surface area contributed by atoms with Crippen LogP contribution in [0, 0.1) is 34.5 Å². The minimum absolute atomic E-state index is 0.0620. The normalized spacial score (nSPS) is 49.2. The molecule has 0 heterocycles. The minimum Gasteiger partial charge on any atom is -0.393 e. The molecule has 0 unspecified atom stereocenters. The van der Waals surface area contributed by atoms with E-state index in [4.69, 9.17) is 0 Å². The Kier molecular flexibility index (Phi) is 4.91. The zero-order valence-corrected chi connectivity index (χ0v) is 18.4. The van der Waals surface area contributed by atoms with Crippen LogP contribution in [0.15, 0.2) is 30.3 Å². The third kappa shape index (κ3) is 3.04. The van der Waals surface area contributed by atoms with Crippen molar-refractivity contribution in [1.82, 2.24) is 0 Å². The Bertz CT molecular complexity index is 731. The van der Waals surface area contributed by atoms with E-state index >= 15 is 0 Å². The largest absolute Gasteiger partial charge is 0.393 e.